The van der Waals surface area contributed by atoms with Crippen molar-refractivity contribution in [2.45, 2.75) is 36.6 Å². The van der Waals surface area contributed by atoms with Gasteiger partial charge in [-0.3, -0.25) is 9.10 Å². The van der Waals surface area contributed by atoms with Crippen LogP contribution in [0.1, 0.15) is 36.0 Å². The minimum absolute atomic E-state index is 0.136. The fourth-order valence-corrected chi connectivity index (χ4v) is 4.69. The van der Waals surface area contributed by atoms with Crippen molar-refractivity contribution >= 4 is 21.6 Å². The predicted octanol–water partition coefficient (Wildman–Crippen LogP) is 3.53. The molecule has 1 fully saturated rings. The van der Waals surface area contributed by atoms with Crippen LogP contribution in [0.4, 0.5) is 5.69 Å². The first-order valence-corrected chi connectivity index (χ1v) is 10.3. The monoisotopic (exact) mass is 372 g/mol. The van der Waals surface area contributed by atoms with Gasteiger partial charge in [0.1, 0.15) is 0 Å². The topological polar surface area (TPSA) is 57.7 Å². The number of para-hydroxylation sites is 1. The normalized spacial score (nSPS) is 15.0. The van der Waals surface area contributed by atoms with Gasteiger partial charge in [-0.05, 0) is 37.1 Å². The molecule has 0 heterocycles. The lowest BCUT2D eigenvalue weighted by Gasteiger charge is -2.27. The molecule has 1 amide bonds. The van der Waals surface area contributed by atoms with Gasteiger partial charge in [0, 0.05) is 20.1 Å². The molecule has 2 aromatic carbocycles. The highest BCUT2D eigenvalue weighted by molar-refractivity contribution is 7.92. The van der Waals surface area contributed by atoms with Crippen LogP contribution in [0.2, 0.25) is 0 Å². The predicted molar refractivity (Wildman–Crippen MR) is 103 cm³/mol. The van der Waals surface area contributed by atoms with E-state index in [9.17, 15) is 13.2 Å². The van der Waals surface area contributed by atoms with E-state index in [0.29, 0.717) is 11.3 Å². The summed E-state index contributed by atoms with van der Waals surface area (Å²) in [5, 5.41) is 0. The Balaban J connectivity index is 1.95. The fraction of sp³-hybridized carbons (Fsp3) is 0.350. The van der Waals surface area contributed by atoms with E-state index in [1.54, 1.807) is 66.5 Å². The van der Waals surface area contributed by atoms with Crippen LogP contribution < -0.4 is 4.31 Å². The summed E-state index contributed by atoms with van der Waals surface area (Å²) in [7, 11) is -0.434. The number of nitrogens with zero attached hydrogens (tertiary/aromatic N) is 2. The lowest BCUT2D eigenvalue weighted by Crippen LogP contribution is -2.36. The minimum atomic E-state index is -3.73. The van der Waals surface area contributed by atoms with Crippen molar-refractivity contribution < 1.29 is 13.2 Å². The Hall–Kier alpha value is -2.34. The van der Waals surface area contributed by atoms with Crippen LogP contribution in [0.5, 0.6) is 0 Å². The molecule has 0 unspecified atom stereocenters. The maximum Gasteiger partial charge on any atom is 0.264 e. The number of rotatable bonds is 5. The van der Waals surface area contributed by atoms with Crippen LogP contribution in [0.15, 0.2) is 59.5 Å². The molecular formula is C20H24N2O3S. The number of sulfonamides is 1. The number of benzene rings is 2. The second kappa shape index (κ2) is 7.50. The highest BCUT2D eigenvalue weighted by Gasteiger charge is 2.29. The van der Waals surface area contributed by atoms with Gasteiger partial charge in [0.15, 0.2) is 0 Å². The van der Waals surface area contributed by atoms with E-state index in [-0.39, 0.29) is 16.8 Å². The Bertz CT molecular complexity index is 875. The summed E-state index contributed by atoms with van der Waals surface area (Å²) in [5.41, 5.74) is 0.801. The van der Waals surface area contributed by atoms with Crippen molar-refractivity contribution in [3.63, 3.8) is 0 Å². The summed E-state index contributed by atoms with van der Waals surface area (Å²) in [4.78, 5) is 15.0. The molecule has 1 saturated carbocycles. The number of hydrogen-bond donors (Lipinski definition) is 0. The summed E-state index contributed by atoms with van der Waals surface area (Å²) < 4.78 is 27.1. The van der Waals surface area contributed by atoms with E-state index >= 15 is 0 Å². The van der Waals surface area contributed by atoms with E-state index in [2.05, 4.69) is 0 Å². The van der Waals surface area contributed by atoms with E-state index < -0.39 is 10.0 Å². The molecular weight excluding hydrogens is 348 g/mol. The number of carbonyl (C=O) groups excluding carboxylic acids is 1. The summed E-state index contributed by atoms with van der Waals surface area (Å²) in [6.07, 6.45) is 4.27. The molecule has 0 bridgehead atoms. The summed E-state index contributed by atoms with van der Waals surface area (Å²) >= 11 is 0. The third kappa shape index (κ3) is 3.46. The first-order valence-electron chi connectivity index (χ1n) is 8.83. The Kier molecular flexibility index (Phi) is 5.32. The first kappa shape index (κ1) is 18.5. The van der Waals surface area contributed by atoms with Gasteiger partial charge >= 0.3 is 0 Å². The highest BCUT2D eigenvalue weighted by Crippen LogP contribution is 2.29. The molecule has 0 atom stereocenters. The zero-order valence-corrected chi connectivity index (χ0v) is 15.9. The molecule has 0 radical (unpaired) electrons. The van der Waals surface area contributed by atoms with Crippen molar-refractivity contribution in [2.24, 2.45) is 0 Å². The van der Waals surface area contributed by atoms with Gasteiger partial charge in [-0.25, -0.2) is 8.42 Å². The van der Waals surface area contributed by atoms with Crippen molar-refractivity contribution in [2.75, 3.05) is 18.4 Å². The molecule has 2 aromatic rings. The molecule has 5 nitrogen and oxygen atoms in total. The van der Waals surface area contributed by atoms with Gasteiger partial charge in [0.2, 0.25) is 0 Å². The highest BCUT2D eigenvalue weighted by atomic mass is 32.2. The second-order valence-electron chi connectivity index (χ2n) is 6.66. The smallest absolute Gasteiger partial charge is 0.264 e. The summed E-state index contributed by atoms with van der Waals surface area (Å²) in [6.45, 7) is 0. The molecule has 1 aliphatic carbocycles. The Morgan fingerprint density at radius 3 is 2.15 bits per heavy atom. The van der Waals surface area contributed by atoms with Crippen molar-refractivity contribution in [3.05, 3.63) is 60.2 Å². The van der Waals surface area contributed by atoms with E-state index in [4.69, 9.17) is 0 Å². The number of hydrogen-bond acceptors (Lipinski definition) is 3. The maximum atomic E-state index is 13.0. The minimum Gasteiger partial charge on any atom is -0.339 e. The lowest BCUT2D eigenvalue weighted by atomic mass is 10.1. The molecule has 3 rings (SSSR count). The first-order chi connectivity index (χ1) is 12.4. The van der Waals surface area contributed by atoms with Gasteiger partial charge in [0.05, 0.1) is 16.1 Å². The molecule has 0 N–H and O–H groups in total. The van der Waals surface area contributed by atoms with Gasteiger partial charge in [-0.15, -0.1) is 0 Å². The quantitative estimate of drug-likeness (QED) is 0.807. The maximum absolute atomic E-state index is 13.0. The van der Waals surface area contributed by atoms with E-state index in [1.807, 2.05) is 0 Å². The molecule has 1 aliphatic rings. The number of carbonyl (C=O) groups is 1. The van der Waals surface area contributed by atoms with Gasteiger partial charge in [-0.1, -0.05) is 43.2 Å². The third-order valence-corrected chi connectivity index (χ3v) is 6.85. The van der Waals surface area contributed by atoms with Gasteiger partial charge in [-0.2, -0.15) is 0 Å². The number of anilines is 1. The van der Waals surface area contributed by atoms with Crippen LogP contribution in [0.25, 0.3) is 0 Å². The van der Waals surface area contributed by atoms with Crippen LogP contribution in [0.3, 0.4) is 0 Å². The van der Waals surface area contributed by atoms with Crippen molar-refractivity contribution in [3.8, 4) is 0 Å². The van der Waals surface area contributed by atoms with Crippen LogP contribution >= 0.6 is 0 Å². The van der Waals surface area contributed by atoms with E-state index in [1.165, 1.54) is 11.4 Å². The largest absolute Gasteiger partial charge is 0.339 e. The number of amides is 1. The van der Waals surface area contributed by atoms with E-state index in [0.717, 1.165) is 25.7 Å². The molecule has 138 valence electrons. The molecule has 0 aromatic heterocycles. The molecule has 0 saturated heterocycles. The second-order valence-corrected chi connectivity index (χ2v) is 8.63. The summed E-state index contributed by atoms with van der Waals surface area (Å²) in [6, 6.07) is 15.4. The van der Waals surface area contributed by atoms with Gasteiger partial charge in [0.25, 0.3) is 15.9 Å². The zero-order chi connectivity index (χ0) is 18.7. The standard InChI is InChI=1S/C20H24N2O3S/c1-21(16-10-6-7-11-16)20(23)18-14-8-9-15-19(18)22(2)26(24,25)17-12-4-3-5-13-17/h3-5,8-9,12-16H,6-7,10-11H2,1-2H3. The SMILES string of the molecule is CN(C(=O)c1ccccc1N(C)S(=O)(=O)c1ccccc1)C1CCCC1. The molecule has 26 heavy (non-hydrogen) atoms. The zero-order valence-electron chi connectivity index (χ0n) is 15.1. The average Bonchev–Trinajstić information content (AvgIpc) is 3.21. The Morgan fingerprint density at radius 2 is 1.50 bits per heavy atom. The summed E-state index contributed by atoms with van der Waals surface area (Å²) in [5.74, 6) is -0.136. The van der Waals surface area contributed by atoms with Crippen molar-refractivity contribution in [1.29, 1.82) is 0 Å². The third-order valence-electron chi connectivity index (χ3n) is 5.07. The lowest BCUT2D eigenvalue weighted by molar-refractivity contribution is 0.0736. The van der Waals surface area contributed by atoms with Crippen LogP contribution in [0, 0.1) is 0 Å². The Labute approximate surface area is 155 Å². The average molecular weight is 372 g/mol. The Morgan fingerprint density at radius 1 is 0.923 bits per heavy atom. The molecule has 0 spiro atoms. The van der Waals surface area contributed by atoms with Crippen molar-refractivity contribution in [1.82, 2.24) is 4.90 Å². The van der Waals surface area contributed by atoms with Crippen LogP contribution in [-0.2, 0) is 10.0 Å². The van der Waals surface area contributed by atoms with Gasteiger partial charge < -0.3 is 4.90 Å². The molecule has 6 heteroatoms. The van der Waals surface area contributed by atoms with Crippen LogP contribution in [-0.4, -0.2) is 39.4 Å². The fourth-order valence-electron chi connectivity index (χ4n) is 3.46. The molecule has 0 aliphatic heterocycles.